The molecule has 0 aromatic heterocycles. The number of nitriles is 1. The van der Waals surface area contributed by atoms with E-state index in [4.69, 9.17) is 14.2 Å². The van der Waals surface area contributed by atoms with Gasteiger partial charge in [-0.3, -0.25) is 0 Å². The van der Waals surface area contributed by atoms with E-state index < -0.39 is 23.5 Å². The zero-order valence-corrected chi connectivity index (χ0v) is 14.2. The molecule has 0 spiro atoms. The molecule has 0 saturated heterocycles. The van der Waals surface area contributed by atoms with Gasteiger partial charge in [-0.05, 0) is 41.0 Å². The largest absolute Gasteiger partial charge is 0.457 e. The molecule has 5 nitrogen and oxygen atoms in total. The van der Waals surface area contributed by atoms with Gasteiger partial charge in [0, 0.05) is 13.0 Å². The number of carbonyl (C=O) groups excluding carboxylic acids is 1. The van der Waals surface area contributed by atoms with E-state index in [-0.39, 0.29) is 0 Å². The Hall–Kier alpha value is -1.12. The third-order valence-electron chi connectivity index (χ3n) is 2.81. The highest BCUT2D eigenvalue weighted by atomic mass is 16.7. The minimum absolute atomic E-state index is 0.309. The van der Waals surface area contributed by atoms with E-state index in [9.17, 15) is 10.1 Å². The number of unbranched alkanes of at least 4 members (excludes halogenated alkanes) is 2. The van der Waals surface area contributed by atoms with Crippen LogP contribution in [0.2, 0.25) is 0 Å². The SMILES string of the molecule is CCCCCC(C#N)(OC(C)OCC)C(=O)OC(C)(C)C. The van der Waals surface area contributed by atoms with E-state index >= 15 is 0 Å². The number of hydrogen-bond acceptors (Lipinski definition) is 5. The van der Waals surface area contributed by atoms with Crippen molar-refractivity contribution in [1.82, 2.24) is 0 Å². The van der Waals surface area contributed by atoms with Crippen LogP contribution in [0.5, 0.6) is 0 Å². The van der Waals surface area contributed by atoms with E-state index in [0.717, 1.165) is 19.3 Å². The molecule has 2 unspecified atom stereocenters. The summed E-state index contributed by atoms with van der Waals surface area (Å²) in [6.45, 7) is 11.3. The first kappa shape index (κ1) is 19.9. The van der Waals surface area contributed by atoms with Crippen molar-refractivity contribution in [2.75, 3.05) is 6.61 Å². The maximum Gasteiger partial charge on any atom is 0.354 e. The summed E-state index contributed by atoms with van der Waals surface area (Å²) in [6, 6.07) is 2.01. The van der Waals surface area contributed by atoms with Crippen molar-refractivity contribution < 1.29 is 19.0 Å². The van der Waals surface area contributed by atoms with Crippen molar-refractivity contribution in [3.05, 3.63) is 0 Å². The normalized spacial score (nSPS) is 15.9. The molecule has 122 valence electrons. The Labute approximate surface area is 128 Å². The highest BCUT2D eigenvalue weighted by Gasteiger charge is 2.44. The second-order valence-corrected chi connectivity index (χ2v) is 6.04. The molecular weight excluding hydrogens is 270 g/mol. The Kier molecular flexibility index (Phi) is 8.53. The topological polar surface area (TPSA) is 68.5 Å². The van der Waals surface area contributed by atoms with Gasteiger partial charge in [0.1, 0.15) is 11.7 Å². The Bertz CT molecular complexity index is 356. The van der Waals surface area contributed by atoms with Crippen molar-refractivity contribution in [3.63, 3.8) is 0 Å². The summed E-state index contributed by atoms with van der Waals surface area (Å²) in [7, 11) is 0. The van der Waals surface area contributed by atoms with Crippen LogP contribution in [-0.4, -0.2) is 30.1 Å². The lowest BCUT2D eigenvalue weighted by Gasteiger charge is -2.31. The van der Waals surface area contributed by atoms with Gasteiger partial charge in [-0.2, -0.15) is 5.26 Å². The van der Waals surface area contributed by atoms with E-state index in [1.165, 1.54) is 0 Å². The Morgan fingerprint density at radius 1 is 1.24 bits per heavy atom. The lowest BCUT2D eigenvalue weighted by molar-refractivity contribution is -0.213. The van der Waals surface area contributed by atoms with Crippen LogP contribution < -0.4 is 0 Å². The van der Waals surface area contributed by atoms with Crippen LogP contribution >= 0.6 is 0 Å². The molecule has 5 heteroatoms. The van der Waals surface area contributed by atoms with E-state index in [1.54, 1.807) is 27.7 Å². The van der Waals surface area contributed by atoms with Crippen molar-refractivity contribution >= 4 is 5.97 Å². The van der Waals surface area contributed by atoms with Crippen LogP contribution in [0.1, 0.15) is 67.2 Å². The van der Waals surface area contributed by atoms with Gasteiger partial charge in [0.25, 0.3) is 5.60 Å². The molecule has 0 aliphatic heterocycles. The van der Waals surface area contributed by atoms with Crippen LogP contribution in [-0.2, 0) is 19.0 Å². The molecule has 0 aromatic carbocycles. The quantitative estimate of drug-likeness (QED) is 0.370. The molecule has 0 N–H and O–H groups in total. The maximum absolute atomic E-state index is 12.4. The van der Waals surface area contributed by atoms with Gasteiger partial charge in [-0.15, -0.1) is 0 Å². The molecule has 0 amide bonds. The van der Waals surface area contributed by atoms with Gasteiger partial charge in [0.05, 0.1) is 0 Å². The summed E-state index contributed by atoms with van der Waals surface area (Å²) >= 11 is 0. The summed E-state index contributed by atoms with van der Waals surface area (Å²) in [6.07, 6.45) is 2.32. The second-order valence-electron chi connectivity index (χ2n) is 6.04. The predicted octanol–water partition coefficient (Wildman–Crippen LogP) is 3.57. The predicted molar refractivity (Wildman–Crippen MR) is 80.5 cm³/mol. The van der Waals surface area contributed by atoms with Crippen LogP contribution in [0.15, 0.2) is 0 Å². The monoisotopic (exact) mass is 299 g/mol. The summed E-state index contributed by atoms with van der Waals surface area (Å²) in [4.78, 5) is 12.4. The van der Waals surface area contributed by atoms with Crippen molar-refractivity contribution in [3.8, 4) is 6.07 Å². The van der Waals surface area contributed by atoms with E-state index in [1.807, 2.05) is 13.0 Å². The lowest BCUT2D eigenvalue weighted by atomic mass is 9.97. The zero-order chi connectivity index (χ0) is 16.5. The third-order valence-corrected chi connectivity index (χ3v) is 2.81. The zero-order valence-electron chi connectivity index (χ0n) is 14.2. The average molecular weight is 299 g/mol. The molecule has 0 heterocycles. The molecule has 0 bridgehead atoms. The van der Waals surface area contributed by atoms with Crippen LogP contribution in [0.25, 0.3) is 0 Å². The minimum Gasteiger partial charge on any atom is -0.457 e. The summed E-state index contributed by atoms with van der Waals surface area (Å²) in [5.41, 5.74) is -2.26. The van der Waals surface area contributed by atoms with Crippen molar-refractivity contribution in [2.45, 2.75) is 84.7 Å². The first-order chi connectivity index (χ1) is 9.70. The molecule has 0 fully saturated rings. The molecule has 0 saturated carbocycles. The standard InChI is InChI=1S/C16H29NO4/c1-7-9-10-11-16(12-17,20-13(3)19-8-2)14(18)21-15(4,5)6/h13H,7-11H2,1-6H3. The molecule has 0 radical (unpaired) electrons. The summed E-state index contributed by atoms with van der Waals surface area (Å²) < 4.78 is 16.3. The van der Waals surface area contributed by atoms with E-state index in [2.05, 4.69) is 6.92 Å². The number of ether oxygens (including phenoxy) is 3. The third kappa shape index (κ3) is 7.45. The maximum atomic E-state index is 12.4. The Morgan fingerprint density at radius 2 is 1.86 bits per heavy atom. The molecule has 0 aliphatic carbocycles. The highest BCUT2D eigenvalue weighted by molar-refractivity contribution is 5.83. The molecule has 0 rings (SSSR count). The fourth-order valence-electron chi connectivity index (χ4n) is 1.87. The Morgan fingerprint density at radius 3 is 2.29 bits per heavy atom. The smallest absolute Gasteiger partial charge is 0.354 e. The van der Waals surface area contributed by atoms with Gasteiger partial charge in [-0.1, -0.05) is 19.8 Å². The second kappa shape index (κ2) is 9.01. The minimum atomic E-state index is -1.60. The van der Waals surface area contributed by atoms with Gasteiger partial charge in [0.15, 0.2) is 6.29 Å². The van der Waals surface area contributed by atoms with Gasteiger partial charge >= 0.3 is 5.97 Å². The number of hydrogen-bond donors (Lipinski definition) is 0. The highest BCUT2D eigenvalue weighted by Crippen LogP contribution is 2.26. The van der Waals surface area contributed by atoms with Gasteiger partial charge in [0.2, 0.25) is 0 Å². The average Bonchev–Trinajstić information content (AvgIpc) is 2.36. The number of carbonyl (C=O) groups is 1. The molecule has 2 atom stereocenters. The fourth-order valence-corrected chi connectivity index (χ4v) is 1.87. The number of nitrogens with zero attached hydrogens (tertiary/aromatic N) is 1. The Balaban J connectivity index is 5.11. The summed E-state index contributed by atoms with van der Waals surface area (Å²) in [5, 5.41) is 9.53. The first-order valence-electron chi connectivity index (χ1n) is 7.65. The van der Waals surface area contributed by atoms with Gasteiger partial charge < -0.3 is 14.2 Å². The van der Waals surface area contributed by atoms with Crippen molar-refractivity contribution in [2.24, 2.45) is 0 Å². The number of rotatable bonds is 9. The lowest BCUT2D eigenvalue weighted by Crippen LogP contribution is -2.47. The first-order valence-corrected chi connectivity index (χ1v) is 7.65. The van der Waals surface area contributed by atoms with E-state index in [0.29, 0.717) is 13.0 Å². The molecule has 0 aromatic rings. The van der Waals surface area contributed by atoms with Crippen molar-refractivity contribution in [1.29, 1.82) is 5.26 Å². The summed E-state index contributed by atoms with van der Waals surface area (Å²) in [5.74, 6) is -0.639. The molecule has 21 heavy (non-hydrogen) atoms. The van der Waals surface area contributed by atoms with Crippen LogP contribution in [0, 0.1) is 11.3 Å². The molecule has 0 aliphatic rings. The molecular formula is C16H29NO4. The van der Waals surface area contributed by atoms with Crippen LogP contribution in [0.3, 0.4) is 0 Å². The van der Waals surface area contributed by atoms with Gasteiger partial charge in [-0.25, -0.2) is 4.79 Å². The van der Waals surface area contributed by atoms with Crippen LogP contribution in [0.4, 0.5) is 0 Å². The number of esters is 1. The fraction of sp³-hybridized carbons (Fsp3) is 0.875.